The van der Waals surface area contributed by atoms with Crippen LogP contribution >= 0.6 is 0 Å². The Labute approximate surface area is 115 Å². The molecule has 0 saturated heterocycles. The van der Waals surface area contributed by atoms with Gasteiger partial charge in [-0.2, -0.15) is 4.39 Å². The van der Waals surface area contributed by atoms with Crippen molar-refractivity contribution < 1.29 is 18.3 Å². The summed E-state index contributed by atoms with van der Waals surface area (Å²) in [5.41, 5.74) is 6.68. The van der Waals surface area contributed by atoms with Crippen LogP contribution in [0.4, 0.5) is 14.5 Å². The summed E-state index contributed by atoms with van der Waals surface area (Å²) in [6.45, 7) is 2.00. The molecule has 0 aliphatic carbocycles. The lowest BCUT2D eigenvalue weighted by Gasteiger charge is -2.13. The van der Waals surface area contributed by atoms with E-state index in [0.717, 1.165) is 18.1 Å². The average Bonchev–Trinajstić information content (AvgIpc) is 2.47. The monoisotopic (exact) mass is 279 g/mol. The van der Waals surface area contributed by atoms with Gasteiger partial charge in [-0.25, -0.2) is 4.39 Å². The quantitative estimate of drug-likeness (QED) is 0.863. The zero-order valence-corrected chi connectivity index (χ0v) is 11.2. The molecule has 2 rings (SSSR count). The topological polar surface area (TPSA) is 44.5 Å². The number of hydrogen-bond acceptors (Lipinski definition) is 3. The fraction of sp³-hybridized carbons (Fsp3) is 0.200. The van der Waals surface area contributed by atoms with E-state index < -0.39 is 11.6 Å². The van der Waals surface area contributed by atoms with Crippen LogP contribution in [0.25, 0.3) is 0 Å². The molecule has 0 heterocycles. The molecule has 0 bridgehead atoms. The standard InChI is InChI=1S/C15H15F2NO2/c1-3-9-4-7-12(13(8-9)19-2)20-15-11(18)6-5-10(16)14(15)17/h4-8H,3,18H2,1-2H3. The molecule has 0 aliphatic rings. The normalized spacial score (nSPS) is 10.4. The van der Waals surface area contributed by atoms with Crippen molar-refractivity contribution in [3.05, 3.63) is 47.5 Å². The first-order chi connectivity index (χ1) is 9.56. The third-order valence-corrected chi connectivity index (χ3v) is 2.93. The summed E-state index contributed by atoms with van der Waals surface area (Å²) in [5, 5.41) is 0. The first kappa shape index (κ1) is 14.1. The van der Waals surface area contributed by atoms with Crippen LogP contribution in [-0.4, -0.2) is 7.11 Å². The van der Waals surface area contributed by atoms with E-state index in [1.54, 1.807) is 12.1 Å². The first-order valence-corrected chi connectivity index (χ1v) is 6.15. The van der Waals surface area contributed by atoms with E-state index in [0.29, 0.717) is 5.75 Å². The highest BCUT2D eigenvalue weighted by Gasteiger charge is 2.16. The Balaban J connectivity index is 2.42. The number of nitrogens with two attached hydrogens (primary N) is 1. The Morgan fingerprint density at radius 2 is 1.85 bits per heavy atom. The van der Waals surface area contributed by atoms with Crippen molar-refractivity contribution in [2.75, 3.05) is 12.8 Å². The molecule has 0 saturated carbocycles. The van der Waals surface area contributed by atoms with Crippen molar-refractivity contribution in [3.8, 4) is 17.2 Å². The molecule has 0 unspecified atom stereocenters. The number of benzene rings is 2. The molecule has 2 aromatic rings. The molecule has 0 aliphatic heterocycles. The predicted molar refractivity (Wildman–Crippen MR) is 73.2 cm³/mol. The summed E-state index contributed by atoms with van der Waals surface area (Å²) in [5.74, 6) is -1.76. The number of rotatable bonds is 4. The number of hydrogen-bond donors (Lipinski definition) is 1. The summed E-state index contributed by atoms with van der Waals surface area (Å²) in [7, 11) is 1.48. The molecule has 0 spiro atoms. The molecular weight excluding hydrogens is 264 g/mol. The lowest BCUT2D eigenvalue weighted by atomic mass is 10.1. The Hall–Kier alpha value is -2.30. The maximum atomic E-state index is 13.7. The maximum absolute atomic E-state index is 13.7. The number of aryl methyl sites for hydroxylation is 1. The molecule has 106 valence electrons. The fourth-order valence-corrected chi connectivity index (χ4v) is 1.78. The van der Waals surface area contributed by atoms with Crippen LogP contribution < -0.4 is 15.2 Å². The Kier molecular flexibility index (Phi) is 4.08. The second-order valence-corrected chi connectivity index (χ2v) is 4.22. The zero-order valence-electron chi connectivity index (χ0n) is 11.2. The van der Waals surface area contributed by atoms with Crippen molar-refractivity contribution in [1.29, 1.82) is 0 Å². The summed E-state index contributed by atoms with van der Waals surface area (Å²) < 4.78 is 37.5. The van der Waals surface area contributed by atoms with Crippen LogP contribution in [0.3, 0.4) is 0 Å². The molecule has 5 heteroatoms. The molecule has 20 heavy (non-hydrogen) atoms. The van der Waals surface area contributed by atoms with Crippen molar-refractivity contribution in [3.63, 3.8) is 0 Å². The van der Waals surface area contributed by atoms with Gasteiger partial charge in [0.25, 0.3) is 0 Å². The lowest BCUT2D eigenvalue weighted by Crippen LogP contribution is -1.99. The van der Waals surface area contributed by atoms with E-state index in [4.69, 9.17) is 15.2 Å². The van der Waals surface area contributed by atoms with Gasteiger partial charge in [0, 0.05) is 0 Å². The van der Waals surface area contributed by atoms with Gasteiger partial charge >= 0.3 is 0 Å². The minimum absolute atomic E-state index is 0.0190. The molecule has 0 radical (unpaired) electrons. The van der Waals surface area contributed by atoms with Crippen LogP contribution in [0.1, 0.15) is 12.5 Å². The molecule has 0 amide bonds. The Morgan fingerprint density at radius 1 is 1.10 bits per heavy atom. The van der Waals surface area contributed by atoms with E-state index in [2.05, 4.69) is 0 Å². The smallest absolute Gasteiger partial charge is 0.203 e. The van der Waals surface area contributed by atoms with Crippen LogP contribution in [0.2, 0.25) is 0 Å². The highest BCUT2D eigenvalue weighted by Crippen LogP contribution is 2.37. The van der Waals surface area contributed by atoms with E-state index in [-0.39, 0.29) is 17.2 Å². The SMILES string of the molecule is CCc1ccc(Oc2c(N)ccc(F)c2F)c(OC)c1. The van der Waals surface area contributed by atoms with Crippen molar-refractivity contribution in [1.82, 2.24) is 0 Å². The fourth-order valence-electron chi connectivity index (χ4n) is 1.78. The molecule has 2 N–H and O–H groups in total. The second-order valence-electron chi connectivity index (χ2n) is 4.22. The van der Waals surface area contributed by atoms with Crippen molar-refractivity contribution >= 4 is 5.69 Å². The van der Waals surface area contributed by atoms with Gasteiger partial charge in [0.15, 0.2) is 23.1 Å². The predicted octanol–water partition coefficient (Wildman–Crippen LogP) is 3.91. The van der Waals surface area contributed by atoms with Crippen LogP contribution in [0.5, 0.6) is 17.2 Å². The Morgan fingerprint density at radius 3 is 2.50 bits per heavy atom. The number of anilines is 1. The second kappa shape index (κ2) is 5.77. The average molecular weight is 279 g/mol. The van der Waals surface area contributed by atoms with E-state index in [9.17, 15) is 8.78 Å². The lowest BCUT2D eigenvalue weighted by molar-refractivity contribution is 0.366. The molecular formula is C15H15F2NO2. The minimum atomic E-state index is -1.12. The highest BCUT2D eigenvalue weighted by atomic mass is 19.2. The van der Waals surface area contributed by atoms with E-state index in [1.807, 2.05) is 13.0 Å². The van der Waals surface area contributed by atoms with Crippen LogP contribution in [0.15, 0.2) is 30.3 Å². The first-order valence-electron chi connectivity index (χ1n) is 6.15. The van der Waals surface area contributed by atoms with Gasteiger partial charge in [-0.05, 0) is 36.2 Å². The van der Waals surface area contributed by atoms with Crippen molar-refractivity contribution in [2.45, 2.75) is 13.3 Å². The van der Waals surface area contributed by atoms with Gasteiger partial charge < -0.3 is 15.2 Å². The van der Waals surface area contributed by atoms with Gasteiger partial charge in [0.1, 0.15) is 0 Å². The Bertz CT molecular complexity index is 630. The van der Waals surface area contributed by atoms with Crippen LogP contribution in [-0.2, 0) is 6.42 Å². The molecule has 0 aromatic heterocycles. The summed E-state index contributed by atoms with van der Waals surface area (Å²) in [6, 6.07) is 7.45. The molecule has 0 atom stereocenters. The third kappa shape index (κ3) is 2.66. The van der Waals surface area contributed by atoms with Gasteiger partial charge in [-0.15, -0.1) is 0 Å². The highest BCUT2D eigenvalue weighted by molar-refractivity contribution is 5.56. The summed E-state index contributed by atoms with van der Waals surface area (Å²) in [6.07, 6.45) is 0.826. The third-order valence-electron chi connectivity index (χ3n) is 2.93. The van der Waals surface area contributed by atoms with Crippen LogP contribution in [0, 0.1) is 11.6 Å². The van der Waals surface area contributed by atoms with E-state index >= 15 is 0 Å². The minimum Gasteiger partial charge on any atom is -0.493 e. The maximum Gasteiger partial charge on any atom is 0.203 e. The summed E-state index contributed by atoms with van der Waals surface area (Å²) in [4.78, 5) is 0. The molecule has 2 aromatic carbocycles. The molecule has 0 fully saturated rings. The van der Waals surface area contributed by atoms with Crippen molar-refractivity contribution in [2.24, 2.45) is 0 Å². The van der Waals surface area contributed by atoms with Gasteiger partial charge in [-0.1, -0.05) is 13.0 Å². The number of halogens is 2. The van der Waals surface area contributed by atoms with E-state index in [1.165, 1.54) is 13.2 Å². The van der Waals surface area contributed by atoms with Gasteiger partial charge in [0.05, 0.1) is 12.8 Å². The van der Waals surface area contributed by atoms with Gasteiger partial charge in [-0.3, -0.25) is 0 Å². The number of methoxy groups -OCH3 is 1. The number of ether oxygens (including phenoxy) is 2. The van der Waals surface area contributed by atoms with Gasteiger partial charge in [0.2, 0.25) is 5.82 Å². The number of nitrogen functional groups attached to an aromatic ring is 1. The molecule has 3 nitrogen and oxygen atoms in total. The zero-order chi connectivity index (χ0) is 14.7. The summed E-state index contributed by atoms with van der Waals surface area (Å²) >= 11 is 0. The largest absolute Gasteiger partial charge is 0.493 e.